The molecule has 0 aliphatic rings. The number of ketones is 1. The van der Waals surface area contributed by atoms with Crippen molar-refractivity contribution in [2.45, 2.75) is 17.9 Å². The van der Waals surface area contributed by atoms with Crippen LogP contribution in [-0.4, -0.2) is 22.0 Å². The molecule has 0 fully saturated rings. The lowest BCUT2D eigenvalue weighted by Crippen LogP contribution is -2.11. The molecule has 1 aromatic rings. The van der Waals surface area contributed by atoms with Crippen molar-refractivity contribution in [3.8, 4) is 6.07 Å². The Kier molecular flexibility index (Phi) is 4.59. The van der Waals surface area contributed by atoms with E-state index < -0.39 is 16.9 Å². The standard InChI is InChI=1S/C12H10BrNO4/c1-6(15)10(13)9-3-2-7(4-8(9)5-14)11(16)12(17)18/h2-4,10-11,16H,1H3,(H,17,18). The fourth-order valence-corrected chi connectivity index (χ4v) is 1.82. The van der Waals surface area contributed by atoms with Crippen molar-refractivity contribution >= 4 is 27.7 Å². The lowest BCUT2D eigenvalue weighted by Gasteiger charge is -2.11. The molecule has 0 amide bonds. The second-order valence-electron chi connectivity index (χ2n) is 3.67. The van der Waals surface area contributed by atoms with Crippen LogP contribution in [0.2, 0.25) is 0 Å². The molecule has 0 spiro atoms. The number of hydrogen-bond donors (Lipinski definition) is 2. The van der Waals surface area contributed by atoms with Crippen LogP contribution in [0.3, 0.4) is 0 Å². The highest BCUT2D eigenvalue weighted by Crippen LogP contribution is 2.28. The highest BCUT2D eigenvalue weighted by Gasteiger charge is 2.21. The number of benzene rings is 1. The first kappa shape index (κ1) is 14.4. The van der Waals surface area contributed by atoms with E-state index in [2.05, 4.69) is 15.9 Å². The van der Waals surface area contributed by atoms with Gasteiger partial charge in [0, 0.05) is 0 Å². The number of aliphatic carboxylic acids is 1. The maximum Gasteiger partial charge on any atom is 0.337 e. The molecule has 94 valence electrons. The minimum absolute atomic E-state index is 0.103. The zero-order chi connectivity index (χ0) is 13.9. The maximum atomic E-state index is 11.2. The number of rotatable bonds is 4. The number of Topliss-reactive ketones (excluding diaryl/α,β-unsaturated/α-hetero) is 1. The van der Waals surface area contributed by atoms with Gasteiger partial charge in [-0.3, -0.25) is 4.79 Å². The van der Waals surface area contributed by atoms with Crippen molar-refractivity contribution in [2.75, 3.05) is 0 Å². The minimum Gasteiger partial charge on any atom is -0.479 e. The van der Waals surface area contributed by atoms with Gasteiger partial charge in [0.2, 0.25) is 0 Å². The molecule has 6 heteroatoms. The van der Waals surface area contributed by atoms with E-state index in [1.807, 2.05) is 6.07 Å². The molecule has 1 aromatic carbocycles. The van der Waals surface area contributed by atoms with Crippen molar-refractivity contribution in [3.63, 3.8) is 0 Å². The van der Waals surface area contributed by atoms with E-state index in [1.165, 1.54) is 25.1 Å². The third-order valence-electron chi connectivity index (χ3n) is 2.38. The van der Waals surface area contributed by atoms with Gasteiger partial charge in [-0.25, -0.2) is 4.79 Å². The van der Waals surface area contributed by atoms with Crippen LogP contribution < -0.4 is 0 Å². The summed E-state index contributed by atoms with van der Waals surface area (Å²) in [5, 5.41) is 27.0. The number of alkyl halides is 1. The molecule has 18 heavy (non-hydrogen) atoms. The Hall–Kier alpha value is -1.71. The van der Waals surface area contributed by atoms with E-state index in [-0.39, 0.29) is 16.9 Å². The van der Waals surface area contributed by atoms with Crippen LogP contribution in [0.1, 0.15) is 34.5 Å². The first-order chi connectivity index (χ1) is 8.38. The third kappa shape index (κ3) is 2.94. The molecule has 2 atom stereocenters. The average Bonchev–Trinajstić information content (AvgIpc) is 2.35. The van der Waals surface area contributed by atoms with Crippen LogP contribution in [-0.2, 0) is 9.59 Å². The summed E-state index contributed by atoms with van der Waals surface area (Å²) >= 11 is 3.15. The third-order valence-corrected chi connectivity index (χ3v) is 3.52. The number of aliphatic hydroxyl groups excluding tert-OH is 1. The van der Waals surface area contributed by atoms with Gasteiger partial charge in [0.15, 0.2) is 6.10 Å². The van der Waals surface area contributed by atoms with Gasteiger partial charge in [-0.2, -0.15) is 5.26 Å². The molecular weight excluding hydrogens is 302 g/mol. The molecule has 0 radical (unpaired) electrons. The predicted molar refractivity (Wildman–Crippen MR) is 66.1 cm³/mol. The number of carboxylic acid groups (broad SMARTS) is 1. The molecular formula is C12H10BrNO4. The van der Waals surface area contributed by atoms with Gasteiger partial charge in [0.1, 0.15) is 5.78 Å². The quantitative estimate of drug-likeness (QED) is 0.825. The monoisotopic (exact) mass is 311 g/mol. The maximum absolute atomic E-state index is 11.2. The van der Waals surface area contributed by atoms with Gasteiger partial charge < -0.3 is 10.2 Å². The fraction of sp³-hybridized carbons (Fsp3) is 0.250. The van der Waals surface area contributed by atoms with Gasteiger partial charge in [0.05, 0.1) is 16.5 Å². The minimum atomic E-state index is -1.68. The second-order valence-corrected chi connectivity index (χ2v) is 4.59. The van der Waals surface area contributed by atoms with Crippen molar-refractivity contribution in [2.24, 2.45) is 0 Å². The molecule has 5 nitrogen and oxygen atoms in total. The molecule has 0 aliphatic heterocycles. The van der Waals surface area contributed by atoms with Crippen LogP contribution in [0, 0.1) is 11.3 Å². The number of halogens is 1. The van der Waals surface area contributed by atoms with Crippen molar-refractivity contribution in [3.05, 3.63) is 34.9 Å². The van der Waals surface area contributed by atoms with Gasteiger partial charge in [-0.05, 0) is 24.1 Å². The summed E-state index contributed by atoms with van der Waals surface area (Å²) in [6.45, 7) is 1.38. The summed E-state index contributed by atoms with van der Waals surface area (Å²) in [4.78, 5) is 21.2. The molecule has 0 saturated carbocycles. The Labute approximate surface area is 112 Å². The van der Waals surface area contributed by atoms with Crippen LogP contribution in [0.5, 0.6) is 0 Å². The lowest BCUT2D eigenvalue weighted by molar-refractivity contribution is -0.147. The summed E-state index contributed by atoms with van der Waals surface area (Å²) in [5.41, 5.74) is 0.710. The predicted octanol–water partition coefficient (Wildman–Crippen LogP) is 1.70. The zero-order valence-electron chi connectivity index (χ0n) is 9.42. The van der Waals surface area contributed by atoms with Crippen molar-refractivity contribution in [1.29, 1.82) is 5.26 Å². The van der Waals surface area contributed by atoms with Gasteiger partial charge in [-0.15, -0.1) is 0 Å². The summed E-state index contributed by atoms with van der Waals surface area (Å²) < 4.78 is 0. The van der Waals surface area contributed by atoms with E-state index in [1.54, 1.807) is 0 Å². The molecule has 2 unspecified atom stereocenters. The Morgan fingerprint density at radius 2 is 2.06 bits per heavy atom. The van der Waals surface area contributed by atoms with Crippen LogP contribution >= 0.6 is 15.9 Å². The molecule has 0 saturated heterocycles. The Morgan fingerprint density at radius 1 is 1.44 bits per heavy atom. The molecule has 0 aliphatic carbocycles. The Balaban J connectivity index is 3.25. The summed E-state index contributed by atoms with van der Waals surface area (Å²) in [6.07, 6.45) is -1.68. The Morgan fingerprint density at radius 3 is 2.50 bits per heavy atom. The van der Waals surface area contributed by atoms with E-state index in [0.29, 0.717) is 5.56 Å². The SMILES string of the molecule is CC(=O)C(Br)c1ccc(C(O)C(=O)O)cc1C#N. The number of aliphatic hydroxyl groups is 1. The number of nitriles is 1. The highest BCUT2D eigenvalue weighted by atomic mass is 79.9. The number of hydrogen-bond acceptors (Lipinski definition) is 4. The number of carbonyl (C=O) groups is 2. The number of nitrogens with zero attached hydrogens (tertiary/aromatic N) is 1. The average molecular weight is 312 g/mol. The van der Waals surface area contributed by atoms with E-state index in [0.717, 1.165) is 0 Å². The van der Waals surface area contributed by atoms with E-state index >= 15 is 0 Å². The Bertz CT molecular complexity index is 535. The summed E-state index contributed by atoms with van der Waals surface area (Å²) in [6, 6.07) is 5.99. The first-order valence-corrected chi connectivity index (χ1v) is 5.89. The second kappa shape index (κ2) is 5.76. The van der Waals surface area contributed by atoms with E-state index in [4.69, 9.17) is 10.4 Å². The van der Waals surface area contributed by atoms with Crippen molar-refractivity contribution < 1.29 is 19.8 Å². The zero-order valence-corrected chi connectivity index (χ0v) is 11.0. The highest BCUT2D eigenvalue weighted by molar-refractivity contribution is 9.09. The number of carboxylic acids is 1. The van der Waals surface area contributed by atoms with Crippen molar-refractivity contribution in [1.82, 2.24) is 0 Å². The lowest BCUT2D eigenvalue weighted by atomic mass is 9.98. The summed E-state index contributed by atoms with van der Waals surface area (Å²) in [5.74, 6) is -1.56. The van der Waals surface area contributed by atoms with Crippen LogP contribution in [0.15, 0.2) is 18.2 Å². The molecule has 0 bridgehead atoms. The van der Waals surface area contributed by atoms with E-state index in [9.17, 15) is 14.7 Å². The first-order valence-electron chi connectivity index (χ1n) is 4.97. The van der Waals surface area contributed by atoms with Crippen LogP contribution in [0.25, 0.3) is 0 Å². The largest absolute Gasteiger partial charge is 0.479 e. The van der Waals surface area contributed by atoms with Gasteiger partial charge in [0.25, 0.3) is 0 Å². The fourth-order valence-electron chi connectivity index (χ4n) is 1.42. The molecule has 0 aromatic heterocycles. The topological polar surface area (TPSA) is 98.4 Å². The molecule has 0 heterocycles. The summed E-state index contributed by atoms with van der Waals surface area (Å²) in [7, 11) is 0. The molecule has 2 N–H and O–H groups in total. The van der Waals surface area contributed by atoms with Gasteiger partial charge in [-0.1, -0.05) is 28.1 Å². The normalized spacial score (nSPS) is 13.4. The van der Waals surface area contributed by atoms with Crippen LogP contribution in [0.4, 0.5) is 0 Å². The van der Waals surface area contributed by atoms with Gasteiger partial charge >= 0.3 is 5.97 Å². The molecule has 1 rings (SSSR count). The smallest absolute Gasteiger partial charge is 0.337 e. The number of carbonyl (C=O) groups excluding carboxylic acids is 1.